The maximum absolute atomic E-state index is 5.56. The minimum Gasteiger partial charge on any atom is -0.337 e. The van der Waals surface area contributed by atoms with Gasteiger partial charge >= 0.3 is 0 Å². The zero-order chi connectivity index (χ0) is 14.0. The number of rotatable bonds is 4. The maximum Gasteiger partial charge on any atom is 0.247 e. The van der Waals surface area contributed by atoms with E-state index in [9.17, 15) is 0 Å². The van der Waals surface area contributed by atoms with Crippen LogP contribution in [0.5, 0.6) is 0 Å². The third kappa shape index (κ3) is 2.52. The second kappa shape index (κ2) is 5.66. The lowest BCUT2D eigenvalue weighted by molar-refractivity contribution is 0.241. The van der Waals surface area contributed by atoms with Gasteiger partial charge < -0.3 is 9.84 Å². The molecule has 1 saturated heterocycles. The van der Waals surface area contributed by atoms with Gasteiger partial charge in [-0.15, -0.1) is 0 Å². The van der Waals surface area contributed by atoms with Crippen LogP contribution in [0, 0.1) is 0 Å². The first-order valence-electron chi connectivity index (χ1n) is 7.09. The van der Waals surface area contributed by atoms with Crippen molar-refractivity contribution in [3.05, 3.63) is 34.6 Å². The lowest BCUT2D eigenvalue weighted by atomic mass is 9.92. The lowest BCUT2D eigenvalue weighted by Crippen LogP contribution is -2.36. The molecule has 5 heteroatoms. The third-order valence-corrected chi connectivity index (χ3v) is 4.33. The molecule has 1 aromatic carbocycles. The molecule has 2 heterocycles. The van der Waals surface area contributed by atoms with Gasteiger partial charge in [0.15, 0.2) is 0 Å². The molecule has 2 aromatic rings. The number of hydrogen-bond acceptors (Lipinski definition) is 4. The highest BCUT2D eigenvalue weighted by Crippen LogP contribution is 2.35. The normalized spacial score (nSPS) is 22.3. The molecule has 1 N–H and O–H groups in total. The standard InChI is InChI=1S/C15H18BrN3O/c1-2-7-15(8-4-9-17-15)14-18-13(19-20-14)11-5-3-6-12(16)10-11/h3,5-6,10,17H,2,4,7-9H2,1H3. The van der Waals surface area contributed by atoms with Crippen LogP contribution in [0.15, 0.2) is 33.3 Å². The van der Waals surface area contributed by atoms with Crippen molar-refractivity contribution in [1.82, 2.24) is 15.5 Å². The van der Waals surface area contributed by atoms with Gasteiger partial charge in [0.05, 0.1) is 5.54 Å². The molecular weight excluding hydrogens is 318 g/mol. The van der Waals surface area contributed by atoms with Gasteiger partial charge in [-0.3, -0.25) is 0 Å². The van der Waals surface area contributed by atoms with Crippen molar-refractivity contribution in [2.45, 2.75) is 38.1 Å². The molecule has 0 aliphatic carbocycles. The summed E-state index contributed by atoms with van der Waals surface area (Å²) in [7, 11) is 0. The zero-order valence-corrected chi connectivity index (χ0v) is 13.1. The summed E-state index contributed by atoms with van der Waals surface area (Å²) in [4.78, 5) is 4.63. The first kappa shape index (κ1) is 13.8. The average Bonchev–Trinajstić information content (AvgIpc) is 3.08. The van der Waals surface area contributed by atoms with Crippen molar-refractivity contribution < 1.29 is 4.52 Å². The van der Waals surface area contributed by atoms with Gasteiger partial charge in [0.1, 0.15) is 0 Å². The molecular formula is C15H18BrN3O. The van der Waals surface area contributed by atoms with Crippen molar-refractivity contribution >= 4 is 15.9 Å². The van der Waals surface area contributed by atoms with E-state index in [0.717, 1.165) is 48.2 Å². The molecule has 1 fully saturated rings. The van der Waals surface area contributed by atoms with E-state index in [1.165, 1.54) is 0 Å². The smallest absolute Gasteiger partial charge is 0.247 e. The van der Waals surface area contributed by atoms with E-state index < -0.39 is 0 Å². The van der Waals surface area contributed by atoms with Crippen molar-refractivity contribution in [2.75, 3.05) is 6.54 Å². The summed E-state index contributed by atoms with van der Waals surface area (Å²) >= 11 is 3.47. The Morgan fingerprint density at radius 1 is 1.45 bits per heavy atom. The Balaban J connectivity index is 1.93. The summed E-state index contributed by atoms with van der Waals surface area (Å²) in [5.74, 6) is 1.39. The fourth-order valence-corrected chi connectivity index (χ4v) is 3.30. The predicted octanol–water partition coefficient (Wildman–Crippen LogP) is 3.88. The van der Waals surface area contributed by atoms with Gasteiger partial charge in [-0.25, -0.2) is 0 Å². The van der Waals surface area contributed by atoms with Crippen molar-refractivity contribution in [1.29, 1.82) is 0 Å². The average molecular weight is 336 g/mol. The van der Waals surface area contributed by atoms with E-state index in [-0.39, 0.29) is 5.54 Å². The second-order valence-electron chi connectivity index (χ2n) is 5.30. The van der Waals surface area contributed by atoms with Gasteiger partial charge in [-0.05, 0) is 37.9 Å². The van der Waals surface area contributed by atoms with Crippen LogP contribution in [0.4, 0.5) is 0 Å². The van der Waals surface area contributed by atoms with Crippen molar-refractivity contribution in [3.8, 4) is 11.4 Å². The Morgan fingerprint density at radius 2 is 2.35 bits per heavy atom. The largest absolute Gasteiger partial charge is 0.337 e. The van der Waals surface area contributed by atoms with Gasteiger partial charge in [-0.2, -0.15) is 4.98 Å². The summed E-state index contributed by atoms with van der Waals surface area (Å²) in [6, 6.07) is 7.96. The highest BCUT2D eigenvalue weighted by molar-refractivity contribution is 9.10. The summed E-state index contributed by atoms with van der Waals surface area (Å²) in [6.07, 6.45) is 4.37. The van der Waals surface area contributed by atoms with Gasteiger partial charge in [0.2, 0.25) is 11.7 Å². The van der Waals surface area contributed by atoms with Crippen LogP contribution in [-0.4, -0.2) is 16.7 Å². The lowest BCUT2D eigenvalue weighted by Gasteiger charge is -2.24. The molecule has 0 bridgehead atoms. The van der Waals surface area contributed by atoms with E-state index in [1.54, 1.807) is 0 Å². The number of nitrogens with zero attached hydrogens (tertiary/aromatic N) is 2. The van der Waals surface area contributed by atoms with Gasteiger partial charge in [0, 0.05) is 10.0 Å². The number of benzene rings is 1. The topological polar surface area (TPSA) is 51.0 Å². The summed E-state index contributed by atoms with van der Waals surface area (Å²) in [5.41, 5.74) is 0.852. The van der Waals surface area contributed by atoms with E-state index in [1.807, 2.05) is 24.3 Å². The molecule has 4 nitrogen and oxygen atoms in total. The fraction of sp³-hybridized carbons (Fsp3) is 0.467. The van der Waals surface area contributed by atoms with Gasteiger partial charge in [0.25, 0.3) is 0 Å². The maximum atomic E-state index is 5.56. The van der Waals surface area contributed by atoms with E-state index in [0.29, 0.717) is 5.82 Å². The molecule has 106 valence electrons. The molecule has 0 spiro atoms. The minimum absolute atomic E-state index is 0.119. The number of nitrogens with one attached hydrogen (secondary N) is 1. The molecule has 1 unspecified atom stereocenters. The van der Waals surface area contributed by atoms with Crippen LogP contribution in [0.25, 0.3) is 11.4 Å². The van der Waals surface area contributed by atoms with Crippen molar-refractivity contribution in [3.63, 3.8) is 0 Å². The Bertz CT molecular complexity index is 590. The summed E-state index contributed by atoms with van der Waals surface area (Å²) < 4.78 is 6.58. The highest BCUT2D eigenvalue weighted by atomic mass is 79.9. The van der Waals surface area contributed by atoms with E-state index in [4.69, 9.17) is 4.52 Å². The third-order valence-electron chi connectivity index (χ3n) is 3.84. The van der Waals surface area contributed by atoms with Crippen LogP contribution in [0.2, 0.25) is 0 Å². The van der Waals surface area contributed by atoms with E-state index in [2.05, 4.69) is 38.3 Å². The zero-order valence-electron chi connectivity index (χ0n) is 11.5. The molecule has 1 aromatic heterocycles. The van der Waals surface area contributed by atoms with Crippen LogP contribution >= 0.6 is 15.9 Å². The van der Waals surface area contributed by atoms with Crippen LogP contribution < -0.4 is 5.32 Å². The number of hydrogen-bond donors (Lipinski definition) is 1. The molecule has 0 saturated carbocycles. The molecule has 0 amide bonds. The predicted molar refractivity (Wildman–Crippen MR) is 81.3 cm³/mol. The van der Waals surface area contributed by atoms with Gasteiger partial charge in [-0.1, -0.05) is 46.6 Å². The van der Waals surface area contributed by atoms with Crippen LogP contribution in [-0.2, 0) is 5.54 Å². The molecule has 1 atom stereocenters. The molecule has 20 heavy (non-hydrogen) atoms. The fourth-order valence-electron chi connectivity index (χ4n) is 2.90. The first-order valence-corrected chi connectivity index (χ1v) is 7.88. The quantitative estimate of drug-likeness (QED) is 0.921. The Morgan fingerprint density at radius 3 is 3.05 bits per heavy atom. The highest BCUT2D eigenvalue weighted by Gasteiger charge is 2.39. The monoisotopic (exact) mass is 335 g/mol. The number of halogens is 1. The van der Waals surface area contributed by atoms with Crippen LogP contribution in [0.3, 0.4) is 0 Å². The SMILES string of the molecule is CCCC1(c2nc(-c3cccc(Br)c3)no2)CCCN1. The second-order valence-corrected chi connectivity index (χ2v) is 6.21. The minimum atomic E-state index is -0.119. The molecule has 3 rings (SSSR count). The summed E-state index contributed by atoms with van der Waals surface area (Å²) in [6.45, 7) is 3.21. The number of aromatic nitrogens is 2. The van der Waals surface area contributed by atoms with E-state index >= 15 is 0 Å². The molecule has 0 radical (unpaired) electrons. The first-order chi connectivity index (χ1) is 9.73. The Hall–Kier alpha value is -1.20. The molecule has 1 aliphatic heterocycles. The van der Waals surface area contributed by atoms with Crippen molar-refractivity contribution in [2.24, 2.45) is 0 Å². The summed E-state index contributed by atoms with van der Waals surface area (Å²) in [5, 5.41) is 7.71. The Labute approximate surface area is 127 Å². The van der Waals surface area contributed by atoms with Crippen LogP contribution in [0.1, 0.15) is 38.5 Å². The Kier molecular flexibility index (Phi) is 3.89. The molecule has 1 aliphatic rings.